The van der Waals surface area contributed by atoms with Gasteiger partial charge in [-0.1, -0.05) is 167 Å². The van der Waals surface area contributed by atoms with Gasteiger partial charge in [-0.05, 0) is 102 Å². The van der Waals surface area contributed by atoms with Gasteiger partial charge in [-0.3, -0.25) is 63.8 Å². The molecule has 0 saturated heterocycles. The average molecular weight is 1740 g/mol. The number of quaternary nitrogens is 1. The summed E-state index contributed by atoms with van der Waals surface area (Å²) in [5.41, 5.74) is 16.2. The third-order valence-electron chi connectivity index (χ3n) is 18.2. The maximum atomic E-state index is 13.3. The highest BCUT2D eigenvalue weighted by Crippen LogP contribution is 2.29. The molecule has 0 radical (unpaired) electrons. The number of carbonyl (C=O) groups excluding carboxylic acids is 6. The van der Waals surface area contributed by atoms with Crippen LogP contribution in [0.3, 0.4) is 0 Å². The average Bonchev–Trinajstić information content (AvgIpc) is 1.68. The normalized spacial score (nSPS) is 12.5. The fraction of sp³-hybridized carbons (Fsp3) is 0.294. The molecule has 638 valence electrons. The molecule has 13 N–H and O–H groups in total. The minimum atomic E-state index is -4.62. The number of nitro groups is 3. The maximum absolute atomic E-state index is 13.3. The number of nitrogens with two attached hydrogens (primary N) is 1. The third kappa shape index (κ3) is 32.4. The van der Waals surface area contributed by atoms with E-state index in [4.69, 9.17) is 5.73 Å². The Morgan fingerprint density at radius 3 is 0.975 bits per heavy atom. The van der Waals surface area contributed by atoms with Gasteiger partial charge in [0.15, 0.2) is 10.3 Å². The number of rotatable bonds is 36. The second kappa shape index (κ2) is 48.1. The number of nitro benzene ring substituents is 3. The van der Waals surface area contributed by atoms with Gasteiger partial charge in [0.25, 0.3) is 17.1 Å². The lowest BCUT2D eigenvalue weighted by molar-refractivity contribution is -0.385. The van der Waals surface area contributed by atoms with Gasteiger partial charge < -0.3 is 48.3 Å². The van der Waals surface area contributed by atoms with Crippen molar-refractivity contribution in [3.05, 3.63) is 322 Å². The number of nitrogens with one attached hydrogen (secondary N) is 7. The molecule has 0 bridgehead atoms. The second-order valence-electron chi connectivity index (χ2n) is 27.6. The summed E-state index contributed by atoms with van der Waals surface area (Å²) in [5, 5.41) is 61.0. The molecule has 0 aliphatic carbocycles. The molecule has 0 aliphatic heterocycles. The summed E-state index contributed by atoms with van der Waals surface area (Å²) >= 11 is 5.99. The van der Waals surface area contributed by atoms with Crippen molar-refractivity contribution < 1.29 is 56.5 Å². The number of thiazole rings is 4. The molecule has 31 nitrogen and oxygen atoms in total. The molecule has 4 aromatic heterocycles. The number of amides is 6. The van der Waals surface area contributed by atoms with E-state index >= 15 is 0 Å². The predicted octanol–water partition coefficient (Wildman–Crippen LogP) is 13.5. The van der Waals surface area contributed by atoms with Gasteiger partial charge in [0, 0.05) is 104 Å². The van der Waals surface area contributed by atoms with Crippen LogP contribution in [-0.4, -0.2) is 101 Å². The van der Waals surface area contributed by atoms with Crippen LogP contribution in [0.4, 0.5) is 22.7 Å². The molecule has 11 rings (SSSR count). The van der Waals surface area contributed by atoms with Crippen molar-refractivity contribution in [1.82, 2.24) is 58.0 Å². The topological polar surface area (TPSA) is 487 Å². The van der Waals surface area contributed by atoms with Crippen LogP contribution in [0.5, 0.6) is 0 Å². The van der Waals surface area contributed by atoms with E-state index in [0.29, 0.717) is 50.6 Å². The van der Waals surface area contributed by atoms with E-state index in [1.165, 1.54) is 103 Å². The smallest absolute Gasteiger partial charge is 0.269 e. The molecular weight excluding hydrogens is 1650 g/mol. The first kappa shape index (κ1) is 95.8. The first-order chi connectivity index (χ1) is 57.4. The van der Waals surface area contributed by atoms with E-state index in [1.54, 1.807) is 59.9 Å². The summed E-state index contributed by atoms with van der Waals surface area (Å²) < 4.78 is 34.7. The van der Waals surface area contributed by atoms with Crippen molar-refractivity contribution in [2.24, 2.45) is 5.73 Å². The van der Waals surface area contributed by atoms with Gasteiger partial charge in [-0.2, -0.15) is 0 Å². The minimum absolute atomic E-state index is 0. The Labute approximate surface area is 717 Å². The molecule has 0 saturated carbocycles. The van der Waals surface area contributed by atoms with Crippen LogP contribution in [0.15, 0.2) is 210 Å². The van der Waals surface area contributed by atoms with Crippen LogP contribution >= 0.6 is 45.3 Å². The number of aromatic nitrogens is 4. The van der Waals surface area contributed by atoms with Crippen LogP contribution < -0.4 is 48.5 Å². The zero-order chi connectivity index (χ0) is 86.8. The zero-order valence-corrected chi connectivity index (χ0v) is 72.0. The number of nitrogens with zero attached hydrogens (tertiary/aromatic N) is 7. The largest absolute Gasteiger partial charge is 0.731 e. The summed E-state index contributed by atoms with van der Waals surface area (Å²) in [6, 6.07) is 49.9. The quantitative estimate of drug-likeness (QED) is 0.0100. The lowest BCUT2D eigenvalue weighted by atomic mass is 10.0. The number of non-ortho nitro benzene ring substituents is 3. The first-order valence-corrected chi connectivity index (χ1v) is 43.3. The van der Waals surface area contributed by atoms with Crippen molar-refractivity contribution >= 4 is 114 Å². The molecule has 6 amide bonds. The van der Waals surface area contributed by atoms with Crippen molar-refractivity contribution in [2.45, 2.75) is 161 Å². The number of hydrogen-bond acceptors (Lipinski definition) is 24. The van der Waals surface area contributed by atoms with Gasteiger partial charge in [0.1, 0.15) is 33.1 Å². The molecule has 7 aromatic carbocycles. The highest BCUT2D eigenvalue weighted by molar-refractivity contribution is 7.87. The molecule has 4 heterocycles. The van der Waals surface area contributed by atoms with Crippen molar-refractivity contribution in [1.29, 1.82) is 0 Å². The van der Waals surface area contributed by atoms with E-state index in [2.05, 4.69) is 58.8 Å². The number of benzene rings is 7. The van der Waals surface area contributed by atoms with Crippen LogP contribution in [0.2, 0.25) is 0 Å². The van der Waals surface area contributed by atoms with Gasteiger partial charge in [-0.25, -0.2) is 28.4 Å². The highest BCUT2D eigenvalue weighted by atomic mass is 32.2. The third-order valence-corrected chi connectivity index (χ3v) is 22.8. The Hall–Kier alpha value is -12.3. The molecule has 36 heteroatoms. The molecule has 0 spiro atoms. The fourth-order valence-electron chi connectivity index (χ4n) is 12.1. The van der Waals surface area contributed by atoms with Crippen molar-refractivity contribution in [2.75, 3.05) is 4.72 Å². The van der Waals surface area contributed by atoms with E-state index in [1.807, 2.05) is 138 Å². The van der Waals surface area contributed by atoms with E-state index in [-0.39, 0.29) is 70.4 Å². The second-order valence-corrected chi connectivity index (χ2v) is 32.3. The van der Waals surface area contributed by atoms with Crippen LogP contribution in [0, 0.1) is 30.3 Å². The summed E-state index contributed by atoms with van der Waals surface area (Å²) in [6.45, 7) is 12.2. The predicted molar refractivity (Wildman–Crippen MR) is 469 cm³/mol. The summed E-state index contributed by atoms with van der Waals surface area (Å²) in [4.78, 5) is 125. The van der Waals surface area contributed by atoms with Gasteiger partial charge in [0.05, 0.1) is 66.7 Å². The molecular formula is C85H98N16O15S5. The van der Waals surface area contributed by atoms with Crippen LogP contribution in [0.1, 0.15) is 154 Å². The molecule has 0 fully saturated rings. The lowest BCUT2D eigenvalue weighted by Crippen LogP contribution is -2.48. The Bertz CT molecular complexity index is 5120. The van der Waals surface area contributed by atoms with Crippen molar-refractivity contribution in [3.8, 4) is 0 Å². The van der Waals surface area contributed by atoms with Gasteiger partial charge in [0.2, 0.25) is 35.4 Å². The molecule has 0 unspecified atom stereocenters. The standard InChI is InChI=1S/C24H28N4O5S2.2C24H26N4O4S.C13H15N3O2S.H3N/c1-3-23-26-22(15-34-23)20(13-18-9-11-19(12-10-18)28-35(31,32)33)27-24(30)21(25-16(2)29)14-17-7-5-4-6-8-17;2*1-3-19-15-33-24(26-19)22(14-18-9-11-20(12-10-18)28(31)32)27-23(30)21(25-16(2)29)13-17-7-5-4-6-8-17;1-2-10-8-19-13(15-10)12(14)7-9-3-5-11(6-4-9)16(17)18;/h4-12,15,20-21,28H,3,13-14H2,1-2H3,(H,25,29)(H,27,30)(H,31,32,33);2*4-12,15,21-22H,3,13-14H2,1-2H3,(H,25,29)(H,27,30);3-6,8,12H,2,7,14H2,1H3;1H3/t20-,21-;2*21-,22-;12-;/m0000./s1. The Kier molecular flexibility index (Phi) is 38.1. The Balaban J connectivity index is 0.000000226. The number of hydrogen-bond donors (Lipinski definition) is 9. The SMILES string of the molecule is CCc1csc([C@@H](N)Cc2ccc([N+](=O)[O-])cc2)n1.CCc1csc([C@H](Cc2ccc([N+](=O)[O-])cc2)NC(=O)[C@H](Cc2ccccc2)NC(C)=O)n1.CCc1csc([C@H](Cc2ccc([N+](=O)[O-])cc2)NC(=O)[C@H](Cc2ccccc2)NC(C)=O)n1.CCc1nc([C@H](Cc2ccc(NS(=O)(=O)[O-])cc2)NC(=O)[C@H](Cc2ccccc2)NC(C)=O)cs1.[NH4+]. The molecule has 121 heavy (non-hydrogen) atoms. The first-order valence-electron chi connectivity index (χ1n) is 38.3. The molecule has 7 atom stereocenters. The highest BCUT2D eigenvalue weighted by Gasteiger charge is 2.30. The van der Waals surface area contributed by atoms with E-state index < -0.39 is 61.3 Å². The monoisotopic (exact) mass is 1740 g/mol. The lowest BCUT2D eigenvalue weighted by Gasteiger charge is -2.23. The maximum Gasteiger partial charge on any atom is 0.269 e. The van der Waals surface area contributed by atoms with Crippen LogP contribution in [0.25, 0.3) is 0 Å². The number of anilines is 1. The zero-order valence-electron chi connectivity index (χ0n) is 67.9. The van der Waals surface area contributed by atoms with Gasteiger partial charge >= 0.3 is 0 Å². The van der Waals surface area contributed by atoms with E-state index in [0.717, 1.165) is 102 Å². The summed E-state index contributed by atoms with van der Waals surface area (Å²) in [7, 11) is -4.62. The van der Waals surface area contributed by atoms with Crippen molar-refractivity contribution in [3.63, 3.8) is 0 Å². The Morgan fingerprint density at radius 1 is 0.380 bits per heavy atom. The molecule has 0 aliphatic rings. The number of carbonyl (C=O) groups is 6. The van der Waals surface area contributed by atoms with Crippen LogP contribution in [-0.2, 0) is 110 Å². The summed E-state index contributed by atoms with van der Waals surface area (Å²) in [6.07, 6.45) is 6.10. The Morgan fingerprint density at radius 2 is 0.678 bits per heavy atom. The minimum Gasteiger partial charge on any atom is -0.731 e. The fourth-order valence-corrected chi connectivity index (χ4v) is 16.1. The van der Waals surface area contributed by atoms with E-state index in [9.17, 15) is 72.1 Å². The molecule has 11 aromatic rings. The van der Waals surface area contributed by atoms with Gasteiger partial charge in [-0.15, -0.1) is 45.3 Å². The summed E-state index contributed by atoms with van der Waals surface area (Å²) in [5.74, 6) is -1.85. The number of aryl methyl sites for hydroxylation is 4.